The quantitative estimate of drug-likeness (QED) is 0.0442. The highest BCUT2D eigenvalue weighted by Crippen LogP contribution is 2.28. The van der Waals surface area contributed by atoms with Crippen molar-refractivity contribution in [2.24, 2.45) is 5.92 Å². The maximum Gasteiger partial charge on any atom is 0.519 e. The maximum absolute atomic E-state index is 14.0. The van der Waals surface area contributed by atoms with Gasteiger partial charge in [0, 0.05) is 19.3 Å². The first kappa shape index (κ1) is 46.0. The van der Waals surface area contributed by atoms with Crippen LogP contribution in [0.5, 0.6) is 5.75 Å². The van der Waals surface area contributed by atoms with E-state index in [-0.39, 0.29) is 30.3 Å². The number of hydrogen-bond donors (Lipinski definition) is 3. The number of Topliss-reactive ketones (excluding diaryl/α,β-unsaturated/α-hetero) is 1. The number of carboxylic acids is 1. The first-order valence-electron chi connectivity index (χ1n) is 18.7. The summed E-state index contributed by atoms with van der Waals surface area (Å²) in [7, 11) is 1.13. The van der Waals surface area contributed by atoms with E-state index in [1.807, 2.05) is 0 Å². The third-order valence-electron chi connectivity index (χ3n) is 8.86. The molecule has 0 fully saturated rings. The number of ketones is 1. The van der Waals surface area contributed by atoms with Crippen molar-refractivity contribution in [2.45, 2.75) is 129 Å². The summed E-state index contributed by atoms with van der Waals surface area (Å²) in [5.41, 5.74) is -2.37. The van der Waals surface area contributed by atoms with Gasteiger partial charge in [0.1, 0.15) is 24.2 Å². The maximum atomic E-state index is 14.0. The van der Waals surface area contributed by atoms with E-state index < -0.39 is 60.2 Å². The normalized spacial score (nSPS) is 13.2. The zero-order valence-corrected chi connectivity index (χ0v) is 32.3. The lowest BCUT2D eigenvalue weighted by atomic mass is 9.82. The molecule has 0 radical (unpaired) electrons. The molecular weight excluding hydrogens is 714 g/mol. The molecular formula is C41H55NO13. The molecule has 302 valence electrons. The van der Waals surface area contributed by atoms with Crippen molar-refractivity contribution in [1.82, 2.24) is 5.32 Å². The molecule has 1 aromatic heterocycles. The first-order chi connectivity index (χ1) is 26.3. The van der Waals surface area contributed by atoms with Gasteiger partial charge in [-0.25, -0.2) is 14.4 Å². The fourth-order valence-electron chi connectivity index (χ4n) is 5.73. The van der Waals surface area contributed by atoms with Crippen molar-refractivity contribution < 1.29 is 57.2 Å². The largest absolute Gasteiger partial charge is 0.519 e. The van der Waals surface area contributed by atoms with Crippen molar-refractivity contribution in [3.63, 3.8) is 0 Å². The Morgan fingerprint density at radius 3 is 2.20 bits per heavy atom. The van der Waals surface area contributed by atoms with Gasteiger partial charge in [0.15, 0.2) is 23.7 Å². The lowest BCUT2D eigenvalue weighted by Gasteiger charge is -2.31. The molecule has 2 aromatic rings. The number of rotatable bonds is 27. The van der Waals surface area contributed by atoms with Gasteiger partial charge in [0.25, 0.3) is 0 Å². The van der Waals surface area contributed by atoms with Crippen molar-refractivity contribution in [1.29, 1.82) is 0 Å². The van der Waals surface area contributed by atoms with Gasteiger partial charge in [-0.3, -0.25) is 14.4 Å². The number of amides is 1. The topological polar surface area (TPSA) is 209 Å². The minimum atomic E-state index is -2.97. The van der Waals surface area contributed by atoms with Crippen molar-refractivity contribution in [2.75, 3.05) is 13.7 Å². The molecule has 55 heavy (non-hydrogen) atoms. The second kappa shape index (κ2) is 25.0. The summed E-state index contributed by atoms with van der Waals surface area (Å²) in [5, 5.41) is 24.0. The van der Waals surface area contributed by atoms with E-state index >= 15 is 0 Å². The van der Waals surface area contributed by atoms with E-state index in [9.17, 15) is 39.0 Å². The van der Waals surface area contributed by atoms with E-state index in [4.69, 9.17) is 23.0 Å². The standard InChI is InChI=1S/C41H55NO13/c1-5-7-9-12-15-18-31(43)19-16-13-10-11-14-17-20-33(41(50,27-36(44)45)39(48)53-28-35-29(3)54-40(49)55-35)37(46)42-34(38(47)51-4)26-30-21-23-32(24-22-30)52-25-8-6-2/h17,20-24,33-34,50H,5,7,9-16,18-19,25-28H2,1-4H3,(H,42,46)(H,44,45)/b20-17+/t33-,34+,41?/m1/s1. The van der Waals surface area contributed by atoms with Crippen molar-refractivity contribution >= 4 is 29.6 Å². The number of carboxylic acid groups (broad SMARTS) is 1. The van der Waals surface area contributed by atoms with Gasteiger partial charge in [-0.2, -0.15) is 0 Å². The number of allylic oxidation sites excluding steroid dienone is 1. The Morgan fingerprint density at radius 1 is 0.964 bits per heavy atom. The third-order valence-corrected chi connectivity index (χ3v) is 8.86. The number of hydrogen-bond acceptors (Lipinski definition) is 12. The van der Waals surface area contributed by atoms with Crippen molar-refractivity contribution in [3.05, 3.63) is 64.1 Å². The molecule has 14 heteroatoms. The predicted molar refractivity (Wildman–Crippen MR) is 201 cm³/mol. The lowest BCUT2D eigenvalue weighted by molar-refractivity contribution is -0.179. The Labute approximate surface area is 322 Å². The van der Waals surface area contributed by atoms with Crippen LogP contribution in [0.15, 0.2) is 50.0 Å². The van der Waals surface area contributed by atoms with Crippen LogP contribution in [-0.2, 0) is 46.5 Å². The molecule has 1 heterocycles. The van der Waals surface area contributed by atoms with E-state index in [2.05, 4.69) is 24.1 Å². The van der Waals surface area contributed by atoms with Crippen LogP contribution in [-0.4, -0.2) is 65.2 Å². The molecule has 3 atom stereocenters. The number of esters is 2. The summed E-state index contributed by atoms with van der Waals surface area (Å²) >= 11 is 0. The van der Waals surface area contributed by atoms with Gasteiger partial charge in [-0.1, -0.05) is 75.7 Å². The average Bonchev–Trinajstić information content (AvgIpc) is 3.48. The summed E-state index contributed by atoms with van der Waals surface area (Å²) in [6.45, 7) is 4.69. The van der Waals surface area contributed by atoms with Crippen molar-refractivity contribution in [3.8, 4) is 17.6 Å². The van der Waals surface area contributed by atoms with Gasteiger partial charge in [-0.05, 0) is 57.2 Å². The van der Waals surface area contributed by atoms with Crippen LogP contribution in [0.4, 0.5) is 0 Å². The number of nitrogens with one attached hydrogen (secondary N) is 1. The first-order valence-corrected chi connectivity index (χ1v) is 18.7. The number of carbonyl (C=O) groups is 5. The van der Waals surface area contributed by atoms with E-state index in [0.29, 0.717) is 37.0 Å². The zero-order valence-electron chi connectivity index (χ0n) is 32.3. The van der Waals surface area contributed by atoms with Crippen LogP contribution in [0.3, 0.4) is 0 Å². The van der Waals surface area contributed by atoms with Gasteiger partial charge in [0.2, 0.25) is 5.91 Å². The van der Waals surface area contributed by atoms with Gasteiger partial charge in [0.05, 0.1) is 19.4 Å². The number of unbranched alkanes of at least 4 members (excludes halogenated alkanes) is 8. The molecule has 1 aromatic carbocycles. The summed E-state index contributed by atoms with van der Waals surface area (Å²) < 4.78 is 25.2. The molecule has 14 nitrogen and oxygen atoms in total. The average molecular weight is 770 g/mol. The highest BCUT2D eigenvalue weighted by atomic mass is 16.6. The molecule has 1 unspecified atom stereocenters. The molecule has 0 saturated heterocycles. The Morgan fingerprint density at radius 2 is 1.62 bits per heavy atom. The summed E-state index contributed by atoms with van der Waals surface area (Å²) in [4.78, 5) is 76.0. The molecule has 3 N–H and O–H groups in total. The highest BCUT2D eigenvalue weighted by Gasteiger charge is 2.50. The zero-order chi connectivity index (χ0) is 40.6. The molecule has 1 amide bonds. The van der Waals surface area contributed by atoms with Crippen LogP contribution in [0, 0.1) is 24.7 Å². The minimum Gasteiger partial charge on any atom is -0.481 e. The Bertz CT molecular complexity index is 1680. The number of aliphatic carboxylic acids is 1. The molecule has 0 spiro atoms. The van der Waals surface area contributed by atoms with Crippen LogP contribution in [0.2, 0.25) is 0 Å². The number of benzene rings is 1. The Kier molecular flexibility index (Phi) is 20.9. The van der Waals surface area contributed by atoms with Crippen LogP contribution < -0.4 is 15.9 Å². The minimum absolute atomic E-state index is 0.00399. The summed E-state index contributed by atoms with van der Waals surface area (Å²) in [6, 6.07) is 5.36. The van der Waals surface area contributed by atoms with E-state index in [0.717, 1.165) is 52.1 Å². The van der Waals surface area contributed by atoms with Gasteiger partial charge in [-0.15, -0.1) is 5.92 Å². The van der Waals surface area contributed by atoms with E-state index in [1.165, 1.54) is 19.4 Å². The molecule has 0 bridgehead atoms. The fourth-order valence-corrected chi connectivity index (χ4v) is 5.73. The molecule has 0 aliphatic rings. The monoisotopic (exact) mass is 769 g/mol. The SMILES string of the molecule is CC#CCOc1ccc(C[C@H](NC(=O)[C@@H](/C=C/CCCCCCC(=O)CCCCCCC)C(O)(CC(=O)O)C(=O)OCc2oc(=O)oc2C)C(=O)OC)cc1. The van der Waals surface area contributed by atoms with Gasteiger partial charge < -0.3 is 38.6 Å². The number of methoxy groups -OCH3 is 1. The van der Waals surface area contributed by atoms with Crippen LogP contribution >= 0.6 is 0 Å². The predicted octanol–water partition coefficient (Wildman–Crippen LogP) is 5.54. The lowest BCUT2D eigenvalue weighted by Crippen LogP contribution is -2.56. The molecule has 0 saturated carbocycles. The Balaban J connectivity index is 2.23. The number of aliphatic hydroxyl groups is 1. The number of aryl methyl sites for hydroxylation is 1. The molecule has 2 rings (SSSR count). The summed E-state index contributed by atoms with van der Waals surface area (Å²) in [6.07, 6.45) is 11.4. The fraction of sp³-hybridized carbons (Fsp3) is 0.561. The van der Waals surface area contributed by atoms with Gasteiger partial charge >= 0.3 is 23.7 Å². The molecule has 0 aliphatic carbocycles. The van der Waals surface area contributed by atoms with Crippen LogP contribution in [0.1, 0.15) is 114 Å². The summed E-state index contributed by atoms with van der Waals surface area (Å²) in [5.74, 6) is -1.80. The molecule has 0 aliphatic heterocycles. The second-order valence-electron chi connectivity index (χ2n) is 13.2. The Hall–Kier alpha value is -5.16. The van der Waals surface area contributed by atoms with Crippen LogP contribution in [0.25, 0.3) is 0 Å². The second-order valence-corrected chi connectivity index (χ2v) is 13.2. The highest BCUT2D eigenvalue weighted by molar-refractivity contribution is 5.95. The van der Waals surface area contributed by atoms with E-state index in [1.54, 1.807) is 37.3 Å². The third kappa shape index (κ3) is 16.8. The number of carbonyl (C=O) groups excluding carboxylic acids is 4. The smallest absolute Gasteiger partial charge is 0.481 e. The number of ether oxygens (including phenoxy) is 3.